The van der Waals surface area contributed by atoms with Gasteiger partial charge in [-0.05, 0) is 31.2 Å². The molecule has 0 aliphatic carbocycles. The van der Waals surface area contributed by atoms with Crippen molar-refractivity contribution in [2.75, 3.05) is 0 Å². The molecule has 6 nitrogen and oxygen atoms in total. The quantitative estimate of drug-likeness (QED) is 0.344. The van der Waals surface area contributed by atoms with Crippen molar-refractivity contribution in [3.63, 3.8) is 0 Å². The molecule has 1 aromatic carbocycles. The Kier molecular flexibility index (Phi) is 4.50. The topological polar surface area (TPSA) is 101 Å². The third kappa shape index (κ3) is 3.56. The van der Waals surface area contributed by atoms with Gasteiger partial charge in [-0.25, -0.2) is 0 Å². The van der Waals surface area contributed by atoms with Crippen molar-refractivity contribution in [2.24, 2.45) is 10.9 Å². The molecule has 0 bridgehead atoms. The van der Waals surface area contributed by atoms with Crippen LogP contribution in [0.1, 0.15) is 34.6 Å². The van der Waals surface area contributed by atoms with Crippen LogP contribution in [0.25, 0.3) is 0 Å². The summed E-state index contributed by atoms with van der Waals surface area (Å²) < 4.78 is 0. The lowest BCUT2D eigenvalue weighted by Gasteiger charge is -2.13. The molecule has 21 heavy (non-hydrogen) atoms. The SMILES string of the molecule is CC(NC(=O)c1ccc(/C(N)=N/O)cc1)c1ccccn1. The third-order valence-electron chi connectivity index (χ3n) is 3.03. The van der Waals surface area contributed by atoms with Crippen LogP contribution in [0.5, 0.6) is 0 Å². The Morgan fingerprint density at radius 3 is 2.48 bits per heavy atom. The third-order valence-corrected chi connectivity index (χ3v) is 3.03. The van der Waals surface area contributed by atoms with Crippen LogP contribution in [-0.2, 0) is 0 Å². The smallest absolute Gasteiger partial charge is 0.251 e. The van der Waals surface area contributed by atoms with E-state index in [1.165, 1.54) is 0 Å². The molecule has 0 spiro atoms. The fraction of sp³-hybridized carbons (Fsp3) is 0.133. The van der Waals surface area contributed by atoms with Crippen LogP contribution in [0.4, 0.5) is 0 Å². The van der Waals surface area contributed by atoms with E-state index in [2.05, 4.69) is 15.5 Å². The van der Waals surface area contributed by atoms with Crippen LogP contribution in [-0.4, -0.2) is 21.9 Å². The van der Waals surface area contributed by atoms with E-state index in [-0.39, 0.29) is 17.8 Å². The minimum absolute atomic E-state index is 0.00353. The molecule has 1 amide bonds. The Bertz CT molecular complexity index is 638. The summed E-state index contributed by atoms with van der Waals surface area (Å²) in [6, 6.07) is 11.8. The second-order valence-electron chi connectivity index (χ2n) is 4.51. The summed E-state index contributed by atoms with van der Waals surface area (Å²) in [4.78, 5) is 16.3. The lowest BCUT2D eigenvalue weighted by Crippen LogP contribution is -2.27. The predicted octanol–water partition coefficient (Wildman–Crippen LogP) is 1.67. The number of benzene rings is 1. The van der Waals surface area contributed by atoms with Gasteiger partial charge in [0.25, 0.3) is 5.91 Å². The number of carbonyl (C=O) groups excluding carboxylic acids is 1. The number of aromatic nitrogens is 1. The Morgan fingerprint density at radius 2 is 1.90 bits per heavy atom. The van der Waals surface area contributed by atoms with Gasteiger partial charge in [0.2, 0.25) is 0 Å². The summed E-state index contributed by atoms with van der Waals surface area (Å²) >= 11 is 0. The van der Waals surface area contributed by atoms with Gasteiger partial charge < -0.3 is 16.3 Å². The fourth-order valence-corrected chi connectivity index (χ4v) is 1.84. The number of hydrogen-bond acceptors (Lipinski definition) is 4. The second kappa shape index (κ2) is 6.51. The van der Waals surface area contributed by atoms with Crippen LogP contribution >= 0.6 is 0 Å². The highest BCUT2D eigenvalue weighted by Gasteiger charge is 2.12. The van der Waals surface area contributed by atoms with Crippen molar-refractivity contribution in [1.29, 1.82) is 0 Å². The summed E-state index contributed by atoms with van der Waals surface area (Å²) in [6.07, 6.45) is 1.68. The number of carbonyl (C=O) groups is 1. The maximum Gasteiger partial charge on any atom is 0.251 e. The summed E-state index contributed by atoms with van der Waals surface area (Å²) in [7, 11) is 0. The van der Waals surface area contributed by atoms with Crippen LogP contribution in [0, 0.1) is 0 Å². The fourth-order valence-electron chi connectivity index (χ4n) is 1.84. The molecule has 2 rings (SSSR count). The van der Waals surface area contributed by atoms with Gasteiger partial charge in [0.15, 0.2) is 5.84 Å². The Hall–Kier alpha value is -2.89. The first-order valence-electron chi connectivity index (χ1n) is 6.41. The zero-order valence-corrected chi connectivity index (χ0v) is 11.5. The molecular formula is C15H16N4O2. The number of pyridine rings is 1. The van der Waals surface area contributed by atoms with Crippen LogP contribution in [0.3, 0.4) is 0 Å². The van der Waals surface area contributed by atoms with Crippen molar-refractivity contribution in [2.45, 2.75) is 13.0 Å². The Labute approximate surface area is 122 Å². The Morgan fingerprint density at radius 1 is 1.24 bits per heavy atom. The summed E-state index contributed by atoms with van der Waals surface area (Å²) in [5, 5.41) is 14.4. The van der Waals surface area contributed by atoms with Gasteiger partial charge in [-0.3, -0.25) is 9.78 Å². The Balaban J connectivity index is 2.07. The number of nitrogens with one attached hydrogen (secondary N) is 1. The molecule has 6 heteroatoms. The maximum atomic E-state index is 12.1. The van der Waals surface area contributed by atoms with Crippen molar-refractivity contribution in [3.8, 4) is 0 Å². The molecule has 108 valence electrons. The first kappa shape index (κ1) is 14.5. The highest BCUT2D eigenvalue weighted by Crippen LogP contribution is 2.10. The van der Waals surface area contributed by atoms with E-state index in [1.807, 2.05) is 25.1 Å². The zero-order valence-electron chi connectivity index (χ0n) is 11.5. The van der Waals surface area contributed by atoms with Crippen LogP contribution < -0.4 is 11.1 Å². The average molecular weight is 284 g/mol. The standard InChI is InChI=1S/C15H16N4O2/c1-10(13-4-2-3-9-17-13)18-15(20)12-7-5-11(6-8-12)14(16)19-21/h2-10,21H,1H3,(H2,16,19)(H,18,20). The zero-order chi connectivity index (χ0) is 15.2. The lowest BCUT2D eigenvalue weighted by molar-refractivity contribution is 0.0939. The van der Waals surface area contributed by atoms with E-state index < -0.39 is 0 Å². The van der Waals surface area contributed by atoms with E-state index >= 15 is 0 Å². The van der Waals surface area contributed by atoms with Gasteiger partial charge in [-0.2, -0.15) is 0 Å². The van der Waals surface area contributed by atoms with Crippen LogP contribution in [0.2, 0.25) is 0 Å². The lowest BCUT2D eigenvalue weighted by atomic mass is 10.1. The molecule has 1 aromatic heterocycles. The predicted molar refractivity (Wildman–Crippen MR) is 79.1 cm³/mol. The first-order chi connectivity index (χ1) is 10.1. The minimum atomic E-state index is -0.209. The monoisotopic (exact) mass is 284 g/mol. The van der Waals surface area contributed by atoms with E-state index in [0.29, 0.717) is 11.1 Å². The highest BCUT2D eigenvalue weighted by atomic mass is 16.4. The number of hydrogen-bond donors (Lipinski definition) is 3. The van der Waals surface area contributed by atoms with E-state index in [0.717, 1.165) is 5.69 Å². The summed E-state index contributed by atoms with van der Waals surface area (Å²) in [6.45, 7) is 1.87. The van der Waals surface area contributed by atoms with E-state index in [1.54, 1.807) is 30.5 Å². The van der Waals surface area contributed by atoms with Gasteiger partial charge >= 0.3 is 0 Å². The molecule has 0 fully saturated rings. The molecule has 1 heterocycles. The van der Waals surface area contributed by atoms with Crippen LogP contribution in [0.15, 0.2) is 53.8 Å². The van der Waals surface area contributed by atoms with Gasteiger partial charge in [0, 0.05) is 17.3 Å². The number of nitrogens with zero attached hydrogens (tertiary/aromatic N) is 2. The molecule has 0 saturated carbocycles. The molecule has 0 radical (unpaired) electrons. The first-order valence-corrected chi connectivity index (χ1v) is 6.41. The van der Waals surface area contributed by atoms with Gasteiger partial charge in [-0.1, -0.05) is 23.4 Å². The molecule has 4 N–H and O–H groups in total. The molecule has 1 atom stereocenters. The van der Waals surface area contributed by atoms with Crippen molar-refractivity contribution in [3.05, 3.63) is 65.5 Å². The van der Waals surface area contributed by atoms with Crippen molar-refractivity contribution in [1.82, 2.24) is 10.3 Å². The molecule has 0 saturated heterocycles. The van der Waals surface area contributed by atoms with Crippen molar-refractivity contribution < 1.29 is 10.0 Å². The molecule has 2 aromatic rings. The molecule has 0 aliphatic rings. The largest absolute Gasteiger partial charge is 0.409 e. The number of oxime groups is 1. The average Bonchev–Trinajstić information content (AvgIpc) is 2.55. The van der Waals surface area contributed by atoms with E-state index in [9.17, 15) is 4.79 Å². The summed E-state index contributed by atoms with van der Waals surface area (Å²) in [5.41, 5.74) is 7.30. The van der Waals surface area contributed by atoms with Gasteiger partial charge in [0.05, 0.1) is 11.7 Å². The maximum absolute atomic E-state index is 12.1. The normalized spacial score (nSPS) is 12.7. The highest BCUT2D eigenvalue weighted by molar-refractivity contribution is 5.99. The van der Waals surface area contributed by atoms with Gasteiger partial charge in [-0.15, -0.1) is 0 Å². The number of amides is 1. The molecule has 1 unspecified atom stereocenters. The molecular weight excluding hydrogens is 268 g/mol. The summed E-state index contributed by atoms with van der Waals surface area (Å²) in [5.74, 6) is -0.206. The number of amidine groups is 1. The van der Waals surface area contributed by atoms with E-state index in [4.69, 9.17) is 10.9 Å². The molecule has 0 aliphatic heterocycles. The number of nitrogens with two attached hydrogens (primary N) is 1. The minimum Gasteiger partial charge on any atom is -0.409 e. The number of rotatable bonds is 4. The van der Waals surface area contributed by atoms with Gasteiger partial charge in [0.1, 0.15) is 0 Å². The second-order valence-corrected chi connectivity index (χ2v) is 4.51. The van der Waals surface area contributed by atoms with Crippen molar-refractivity contribution >= 4 is 11.7 Å².